The van der Waals surface area contributed by atoms with Crippen molar-refractivity contribution in [1.82, 2.24) is 35.5 Å². The number of aromatic amines is 1. The molecule has 2 aromatic heterocycles. The minimum Gasteiger partial charge on any atom is -0.453 e. The van der Waals surface area contributed by atoms with Gasteiger partial charge in [0.2, 0.25) is 5.91 Å². The van der Waals surface area contributed by atoms with Gasteiger partial charge in [-0.2, -0.15) is 4.68 Å². The molecule has 0 saturated carbocycles. The molecule has 4 aromatic rings. The topological polar surface area (TPSA) is 166 Å². The quantitative estimate of drug-likeness (QED) is 0.183. The van der Waals surface area contributed by atoms with Crippen LogP contribution in [0.15, 0.2) is 54.9 Å². The second-order valence-electron chi connectivity index (χ2n) is 10.9. The van der Waals surface area contributed by atoms with Crippen molar-refractivity contribution in [3.63, 3.8) is 0 Å². The summed E-state index contributed by atoms with van der Waals surface area (Å²) in [6, 6.07) is 11.1. The average Bonchev–Trinajstić information content (AvgIpc) is 3.70. The Morgan fingerprint density at radius 2 is 1.87 bits per heavy atom. The molecule has 0 spiro atoms. The van der Waals surface area contributed by atoms with E-state index in [0.717, 1.165) is 0 Å². The van der Waals surface area contributed by atoms with E-state index in [4.69, 9.17) is 27.9 Å². The fraction of sp³-hybridized carbons (Fsp3) is 0.323. The molecular formula is C31H32Cl2N8O5. The van der Waals surface area contributed by atoms with E-state index >= 15 is 0 Å². The van der Waals surface area contributed by atoms with Crippen LogP contribution in [0.3, 0.4) is 0 Å². The first kappa shape index (κ1) is 32.8. The molecule has 1 fully saturated rings. The van der Waals surface area contributed by atoms with Gasteiger partial charge >= 0.3 is 6.09 Å². The van der Waals surface area contributed by atoms with Crippen LogP contribution in [-0.4, -0.2) is 67.3 Å². The molecule has 5 rings (SSSR count). The van der Waals surface area contributed by atoms with Gasteiger partial charge in [-0.1, -0.05) is 35.3 Å². The van der Waals surface area contributed by atoms with E-state index in [1.54, 1.807) is 48.5 Å². The Labute approximate surface area is 274 Å². The maximum Gasteiger partial charge on any atom is 0.411 e. The number of hydrogen-bond acceptors (Lipinski definition) is 9. The number of benzene rings is 2. The van der Waals surface area contributed by atoms with Gasteiger partial charge in [0.25, 0.3) is 0 Å². The molecule has 1 aliphatic rings. The lowest BCUT2D eigenvalue weighted by atomic mass is 9.86. The molecule has 0 radical (unpaired) electrons. The van der Waals surface area contributed by atoms with Crippen molar-refractivity contribution in [3.8, 4) is 16.9 Å². The van der Waals surface area contributed by atoms with Crippen molar-refractivity contribution in [2.75, 3.05) is 12.4 Å². The number of imidazole rings is 1. The first-order valence-corrected chi connectivity index (χ1v) is 15.3. The Kier molecular flexibility index (Phi) is 10.5. The van der Waals surface area contributed by atoms with E-state index in [9.17, 15) is 14.4 Å². The average molecular weight is 668 g/mol. The van der Waals surface area contributed by atoms with Gasteiger partial charge in [-0.25, -0.2) is 9.78 Å². The summed E-state index contributed by atoms with van der Waals surface area (Å²) in [6.07, 6.45) is 4.83. The van der Waals surface area contributed by atoms with Crippen LogP contribution < -0.4 is 10.6 Å². The van der Waals surface area contributed by atoms with Gasteiger partial charge in [0.1, 0.15) is 28.8 Å². The number of methoxy groups -OCH3 is 1. The van der Waals surface area contributed by atoms with Gasteiger partial charge in [0.05, 0.1) is 31.0 Å². The first-order chi connectivity index (χ1) is 22.1. The third kappa shape index (κ3) is 8.16. The van der Waals surface area contributed by atoms with Gasteiger partial charge in [0, 0.05) is 40.3 Å². The molecule has 0 aliphatic carbocycles. The van der Waals surface area contributed by atoms with E-state index < -0.39 is 18.0 Å². The zero-order valence-corrected chi connectivity index (χ0v) is 26.7. The van der Waals surface area contributed by atoms with Crippen LogP contribution in [0, 0.1) is 5.92 Å². The molecule has 46 heavy (non-hydrogen) atoms. The standard InChI is InChI=1S/C31H32Cl2N8O5/c1-17-12-21(13-18(2)46-17)26(42)15-24(30-37-28(29(33)38-30)19-4-8-23(9-5-19)35-31(44)45-3)36-27(43)11-6-20-14-22(32)7-10-25(20)41-16-34-39-40-41/h4-11,14,16-18,21,24H,12-13,15H2,1-3H3,(H,35,44)(H,36,43)(H,37,38)/b11-6+/t17?,18?,21?,24-/m0/s1. The molecular weight excluding hydrogens is 635 g/mol. The van der Waals surface area contributed by atoms with Crippen molar-refractivity contribution in [2.45, 2.75) is 51.4 Å². The largest absolute Gasteiger partial charge is 0.453 e. The number of carbonyl (C=O) groups is 3. The van der Waals surface area contributed by atoms with Crippen LogP contribution in [0.1, 0.15) is 50.5 Å². The number of hydrogen-bond donors (Lipinski definition) is 3. The third-order valence-corrected chi connectivity index (χ3v) is 7.98. The van der Waals surface area contributed by atoms with Gasteiger partial charge < -0.3 is 19.8 Å². The van der Waals surface area contributed by atoms with Crippen LogP contribution in [0.4, 0.5) is 10.5 Å². The zero-order valence-electron chi connectivity index (χ0n) is 25.2. The molecule has 0 bridgehead atoms. The van der Waals surface area contributed by atoms with Crippen LogP contribution in [0.25, 0.3) is 23.0 Å². The molecule has 3 atom stereocenters. The molecule has 2 unspecified atom stereocenters. The SMILES string of the molecule is COC(=O)Nc1ccc(-c2nc([C@H](CC(=O)C3CC(C)OC(C)C3)NC(=O)/C=C/c3cc(Cl)ccc3-n3cnnn3)[nH]c2Cl)cc1. The Hall–Kier alpha value is -4.59. The summed E-state index contributed by atoms with van der Waals surface area (Å²) in [4.78, 5) is 46.2. The number of tetrazole rings is 1. The molecule has 3 N–H and O–H groups in total. The molecule has 13 nitrogen and oxygen atoms in total. The third-order valence-electron chi connectivity index (χ3n) is 7.47. The van der Waals surface area contributed by atoms with E-state index in [-0.39, 0.29) is 35.5 Å². The van der Waals surface area contributed by atoms with E-state index in [1.165, 1.54) is 24.2 Å². The summed E-state index contributed by atoms with van der Waals surface area (Å²) in [5.41, 5.74) is 2.81. The molecule has 3 heterocycles. The Bertz CT molecular complexity index is 1720. The van der Waals surface area contributed by atoms with E-state index in [1.807, 2.05) is 13.8 Å². The summed E-state index contributed by atoms with van der Waals surface area (Å²) in [5.74, 6) is -0.392. The number of ketones is 1. The van der Waals surface area contributed by atoms with Gasteiger partial charge in [0.15, 0.2) is 0 Å². The maximum atomic E-state index is 13.6. The lowest BCUT2D eigenvalue weighted by molar-refractivity contribution is -0.131. The number of anilines is 1. The second kappa shape index (κ2) is 14.7. The van der Waals surface area contributed by atoms with Gasteiger partial charge in [-0.15, -0.1) is 5.10 Å². The highest BCUT2D eigenvalue weighted by Gasteiger charge is 2.32. The first-order valence-electron chi connectivity index (χ1n) is 14.5. The lowest BCUT2D eigenvalue weighted by Crippen LogP contribution is -2.36. The number of H-pyrrole nitrogens is 1. The number of nitrogens with one attached hydrogen (secondary N) is 3. The molecule has 2 amide bonds. The van der Waals surface area contributed by atoms with Gasteiger partial charge in [-0.05, 0) is 73.5 Å². The molecule has 1 aliphatic heterocycles. The number of aromatic nitrogens is 6. The summed E-state index contributed by atoms with van der Waals surface area (Å²) in [5, 5.41) is 17.5. The number of ether oxygens (including phenoxy) is 2. The summed E-state index contributed by atoms with van der Waals surface area (Å²) < 4.78 is 11.9. The Balaban J connectivity index is 1.40. The number of halogens is 2. The predicted molar refractivity (Wildman–Crippen MR) is 172 cm³/mol. The summed E-state index contributed by atoms with van der Waals surface area (Å²) in [7, 11) is 1.28. The monoisotopic (exact) mass is 666 g/mol. The number of Topliss-reactive ketones (excluding diaryl/α,β-unsaturated/α-hetero) is 1. The van der Waals surface area contributed by atoms with Crippen molar-refractivity contribution >= 4 is 52.7 Å². The second-order valence-corrected chi connectivity index (χ2v) is 11.7. The smallest absolute Gasteiger partial charge is 0.411 e. The Morgan fingerprint density at radius 3 is 2.54 bits per heavy atom. The molecule has 240 valence electrons. The fourth-order valence-electron chi connectivity index (χ4n) is 5.38. The number of amides is 2. The van der Waals surface area contributed by atoms with Crippen molar-refractivity contribution in [2.24, 2.45) is 5.92 Å². The summed E-state index contributed by atoms with van der Waals surface area (Å²) in [6.45, 7) is 3.90. The lowest BCUT2D eigenvalue weighted by Gasteiger charge is -2.31. The fourth-order valence-corrected chi connectivity index (χ4v) is 5.81. The van der Waals surface area contributed by atoms with Crippen LogP contribution in [0.5, 0.6) is 0 Å². The predicted octanol–water partition coefficient (Wildman–Crippen LogP) is 5.57. The number of carbonyl (C=O) groups excluding carboxylic acids is 3. The van der Waals surface area contributed by atoms with Crippen LogP contribution in [0.2, 0.25) is 10.2 Å². The van der Waals surface area contributed by atoms with Crippen molar-refractivity contribution in [3.05, 3.63) is 76.4 Å². The minimum absolute atomic E-state index is 0.0119. The molecule has 1 saturated heterocycles. The molecule has 2 aromatic carbocycles. The van der Waals surface area contributed by atoms with E-state index in [2.05, 4.69) is 40.9 Å². The number of rotatable bonds is 10. The van der Waals surface area contributed by atoms with Crippen molar-refractivity contribution in [1.29, 1.82) is 0 Å². The maximum absolute atomic E-state index is 13.6. The summed E-state index contributed by atoms with van der Waals surface area (Å²) >= 11 is 12.8. The minimum atomic E-state index is -0.817. The zero-order chi connectivity index (χ0) is 32.8. The normalized spacial score (nSPS) is 18.7. The Morgan fingerprint density at radius 1 is 1.13 bits per heavy atom. The number of nitrogens with zero attached hydrogens (tertiary/aromatic N) is 5. The highest BCUT2D eigenvalue weighted by molar-refractivity contribution is 6.32. The van der Waals surface area contributed by atoms with Crippen LogP contribution in [-0.2, 0) is 19.1 Å². The highest BCUT2D eigenvalue weighted by atomic mass is 35.5. The van der Waals surface area contributed by atoms with E-state index in [0.29, 0.717) is 51.9 Å². The highest BCUT2D eigenvalue weighted by Crippen LogP contribution is 2.32. The molecule has 15 heteroatoms. The van der Waals surface area contributed by atoms with Crippen molar-refractivity contribution < 1.29 is 23.9 Å². The van der Waals surface area contributed by atoms with Gasteiger partial charge in [-0.3, -0.25) is 14.9 Å². The van der Waals surface area contributed by atoms with Crippen LogP contribution >= 0.6 is 23.2 Å².